The SMILES string of the molecule is CCCCCCC(=O)O[C@H]1CC[C@]2(C)[C@@H]3CC[C@]4(C)[C@H](CC[C@H]4[C@H](C)CCCC(C)C)[C@H]3C[C@H](Br)[C@@]2(Br)C1. The first-order valence-corrected chi connectivity index (χ1v) is 18.2. The molecule has 4 aliphatic carbocycles. The van der Waals surface area contributed by atoms with E-state index in [2.05, 4.69) is 73.4 Å². The van der Waals surface area contributed by atoms with E-state index in [-0.39, 0.29) is 21.8 Å². The number of hydrogen-bond acceptors (Lipinski definition) is 2. The Hall–Kier alpha value is 0.430. The van der Waals surface area contributed by atoms with Gasteiger partial charge < -0.3 is 4.74 Å². The van der Waals surface area contributed by atoms with E-state index < -0.39 is 0 Å². The van der Waals surface area contributed by atoms with E-state index in [1.54, 1.807) is 0 Å². The number of ether oxygens (including phenoxy) is 1. The van der Waals surface area contributed by atoms with E-state index in [0.29, 0.717) is 16.7 Å². The van der Waals surface area contributed by atoms with Crippen molar-refractivity contribution in [1.82, 2.24) is 0 Å². The molecule has 2 nitrogen and oxygen atoms in total. The zero-order chi connectivity index (χ0) is 27.7. The molecule has 220 valence electrons. The van der Waals surface area contributed by atoms with E-state index in [9.17, 15) is 4.79 Å². The number of fused-ring (bicyclic) bond motifs is 5. The van der Waals surface area contributed by atoms with Gasteiger partial charge in [0.2, 0.25) is 0 Å². The van der Waals surface area contributed by atoms with E-state index in [1.165, 1.54) is 70.6 Å². The first-order chi connectivity index (χ1) is 18.0. The van der Waals surface area contributed by atoms with Gasteiger partial charge in [-0.05, 0) is 97.7 Å². The molecule has 0 aromatic carbocycles. The summed E-state index contributed by atoms with van der Waals surface area (Å²) in [7, 11) is 0. The second-order valence-corrected chi connectivity index (χ2v) is 17.6. The van der Waals surface area contributed by atoms with Crippen LogP contribution in [0.5, 0.6) is 0 Å². The number of esters is 1. The van der Waals surface area contributed by atoms with Gasteiger partial charge in [-0.3, -0.25) is 4.79 Å². The molecule has 0 radical (unpaired) electrons. The predicted octanol–water partition coefficient (Wildman–Crippen LogP) is 10.9. The maximum atomic E-state index is 12.6. The molecule has 38 heavy (non-hydrogen) atoms. The quantitative estimate of drug-likeness (QED) is 0.125. The van der Waals surface area contributed by atoms with Crippen LogP contribution in [-0.4, -0.2) is 21.2 Å². The minimum Gasteiger partial charge on any atom is -0.462 e. The Morgan fingerprint density at radius 2 is 1.71 bits per heavy atom. The average molecular weight is 659 g/mol. The predicted molar refractivity (Wildman–Crippen MR) is 168 cm³/mol. The van der Waals surface area contributed by atoms with Crippen LogP contribution in [0.15, 0.2) is 0 Å². The molecule has 0 spiro atoms. The summed E-state index contributed by atoms with van der Waals surface area (Å²) in [6.07, 6.45) is 19.5. The molecule has 0 aliphatic heterocycles. The summed E-state index contributed by atoms with van der Waals surface area (Å²) in [5.41, 5.74) is 0.786. The number of carbonyl (C=O) groups excluding carboxylic acids is 1. The summed E-state index contributed by atoms with van der Waals surface area (Å²) < 4.78 is 6.11. The molecule has 4 fully saturated rings. The van der Waals surface area contributed by atoms with Crippen LogP contribution in [0.2, 0.25) is 0 Å². The van der Waals surface area contributed by atoms with Crippen LogP contribution in [0.4, 0.5) is 0 Å². The number of unbranched alkanes of at least 4 members (excludes halogenated alkanes) is 3. The van der Waals surface area contributed by atoms with Crippen molar-refractivity contribution in [2.45, 2.75) is 160 Å². The summed E-state index contributed by atoms with van der Waals surface area (Å²) in [6, 6.07) is 0. The molecule has 0 aromatic heterocycles. The van der Waals surface area contributed by atoms with Crippen LogP contribution >= 0.6 is 31.9 Å². The standard InChI is InChI=1S/C34H58Br2O2/c1-7-8-9-10-14-31(37)38-25-17-20-33(6)29-18-19-32(5)27(24(4)13-11-12-23(2)3)15-16-28(32)26(29)21-30(35)34(33,36)22-25/h23-30H,7-22H2,1-6H3/t24-,25+,26-,27+,28-,29-,30+,32+,33-,34+/m1/s1. The maximum Gasteiger partial charge on any atom is 0.306 e. The van der Waals surface area contributed by atoms with Crippen LogP contribution in [0.25, 0.3) is 0 Å². The number of carbonyl (C=O) groups is 1. The van der Waals surface area contributed by atoms with Gasteiger partial charge in [0.15, 0.2) is 0 Å². The van der Waals surface area contributed by atoms with Gasteiger partial charge in [-0.25, -0.2) is 0 Å². The van der Waals surface area contributed by atoms with Crippen molar-refractivity contribution < 1.29 is 9.53 Å². The van der Waals surface area contributed by atoms with Crippen molar-refractivity contribution >= 4 is 37.8 Å². The van der Waals surface area contributed by atoms with Gasteiger partial charge in [0.05, 0.1) is 0 Å². The van der Waals surface area contributed by atoms with E-state index in [1.807, 2.05) is 0 Å². The Bertz CT molecular complexity index is 799. The molecule has 0 saturated heterocycles. The lowest BCUT2D eigenvalue weighted by Crippen LogP contribution is -2.64. The molecule has 0 N–H and O–H groups in total. The molecule has 4 aliphatic rings. The molecular formula is C34H58Br2O2. The van der Waals surface area contributed by atoms with Crippen molar-refractivity contribution in [1.29, 1.82) is 0 Å². The van der Waals surface area contributed by atoms with Crippen molar-refractivity contribution in [2.24, 2.45) is 46.3 Å². The number of rotatable bonds is 11. The zero-order valence-electron chi connectivity index (χ0n) is 25.5. The van der Waals surface area contributed by atoms with Crippen LogP contribution in [0.1, 0.15) is 144 Å². The molecule has 0 heterocycles. The molecule has 4 heteroatoms. The first kappa shape index (κ1) is 31.4. The van der Waals surface area contributed by atoms with E-state index in [0.717, 1.165) is 61.2 Å². The number of alkyl halides is 2. The van der Waals surface area contributed by atoms with Crippen molar-refractivity contribution in [2.75, 3.05) is 0 Å². The minimum atomic E-state index is 0.0163. The monoisotopic (exact) mass is 656 g/mol. The van der Waals surface area contributed by atoms with Crippen molar-refractivity contribution in [3.8, 4) is 0 Å². The summed E-state index contributed by atoms with van der Waals surface area (Å²) in [4.78, 5) is 13.1. The maximum absolute atomic E-state index is 12.6. The number of hydrogen-bond donors (Lipinski definition) is 0. The highest BCUT2D eigenvalue weighted by Gasteiger charge is 2.67. The largest absolute Gasteiger partial charge is 0.462 e. The van der Waals surface area contributed by atoms with Gasteiger partial charge in [-0.2, -0.15) is 0 Å². The van der Waals surface area contributed by atoms with Gasteiger partial charge in [0, 0.05) is 22.0 Å². The van der Waals surface area contributed by atoms with Gasteiger partial charge in [-0.1, -0.05) is 112 Å². The molecular weight excluding hydrogens is 600 g/mol. The minimum absolute atomic E-state index is 0.0163. The van der Waals surface area contributed by atoms with Gasteiger partial charge in [0.25, 0.3) is 0 Å². The summed E-state index contributed by atoms with van der Waals surface area (Å²) in [5, 5.41) is 0. The fraction of sp³-hybridized carbons (Fsp3) is 0.971. The highest BCUT2D eigenvalue weighted by Crippen LogP contribution is 2.71. The van der Waals surface area contributed by atoms with Crippen molar-refractivity contribution in [3.63, 3.8) is 0 Å². The first-order valence-electron chi connectivity index (χ1n) is 16.5. The third-order valence-corrected chi connectivity index (χ3v) is 16.0. The second-order valence-electron chi connectivity index (χ2n) is 15.1. The molecule has 0 amide bonds. The van der Waals surface area contributed by atoms with Gasteiger partial charge in [0.1, 0.15) is 6.10 Å². The smallest absolute Gasteiger partial charge is 0.306 e. The highest BCUT2D eigenvalue weighted by molar-refractivity contribution is 9.12. The Morgan fingerprint density at radius 3 is 2.42 bits per heavy atom. The van der Waals surface area contributed by atoms with E-state index in [4.69, 9.17) is 4.74 Å². The van der Waals surface area contributed by atoms with Crippen LogP contribution in [0, 0.1) is 46.3 Å². The summed E-state index contributed by atoms with van der Waals surface area (Å²) >= 11 is 8.64. The third-order valence-electron chi connectivity index (χ3n) is 12.4. The molecule has 4 saturated carbocycles. The Labute approximate surface area is 252 Å². The van der Waals surface area contributed by atoms with Crippen LogP contribution < -0.4 is 0 Å². The lowest BCUT2D eigenvalue weighted by atomic mass is 9.44. The molecule has 4 rings (SSSR count). The Kier molecular flexibility index (Phi) is 10.5. The van der Waals surface area contributed by atoms with Gasteiger partial charge >= 0.3 is 5.97 Å². The highest BCUT2D eigenvalue weighted by atomic mass is 79.9. The van der Waals surface area contributed by atoms with E-state index >= 15 is 0 Å². The third kappa shape index (κ3) is 5.98. The molecule has 0 bridgehead atoms. The average Bonchev–Trinajstić information content (AvgIpc) is 3.21. The Balaban J connectivity index is 1.42. The summed E-state index contributed by atoms with van der Waals surface area (Å²) in [5.74, 6) is 5.13. The van der Waals surface area contributed by atoms with Crippen LogP contribution in [0.3, 0.4) is 0 Å². The lowest BCUT2D eigenvalue weighted by molar-refractivity contribution is -0.158. The zero-order valence-corrected chi connectivity index (χ0v) is 28.7. The molecule has 0 aromatic rings. The second kappa shape index (κ2) is 12.7. The van der Waals surface area contributed by atoms with Crippen molar-refractivity contribution in [3.05, 3.63) is 0 Å². The van der Waals surface area contributed by atoms with Crippen LogP contribution in [-0.2, 0) is 9.53 Å². The normalized spacial score (nSPS) is 43.3. The summed E-state index contributed by atoms with van der Waals surface area (Å²) in [6.45, 7) is 14.8. The lowest BCUT2D eigenvalue weighted by Gasteiger charge is -2.66. The number of halogens is 2. The Morgan fingerprint density at radius 1 is 0.947 bits per heavy atom. The topological polar surface area (TPSA) is 26.3 Å². The molecule has 0 unspecified atom stereocenters. The molecule has 10 atom stereocenters. The fourth-order valence-electron chi connectivity index (χ4n) is 10.2. The van der Waals surface area contributed by atoms with Gasteiger partial charge in [-0.15, -0.1) is 0 Å². The fourth-order valence-corrected chi connectivity index (χ4v) is 12.4.